The third kappa shape index (κ3) is 3.49. The van der Waals surface area contributed by atoms with Gasteiger partial charge in [-0.3, -0.25) is 4.90 Å². The van der Waals surface area contributed by atoms with Gasteiger partial charge in [0.15, 0.2) is 0 Å². The van der Waals surface area contributed by atoms with Crippen LogP contribution in [0.15, 0.2) is 24.3 Å². The zero-order chi connectivity index (χ0) is 14.7. The average Bonchev–Trinajstić information content (AvgIpc) is 2.55. The van der Waals surface area contributed by atoms with Crippen molar-refractivity contribution in [2.45, 2.75) is 64.0 Å². The van der Waals surface area contributed by atoms with E-state index in [4.69, 9.17) is 5.73 Å². The van der Waals surface area contributed by atoms with Gasteiger partial charge in [0.1, 0.15) is 0 Å². The molecular weight excluding hydrogens is 256 g/mol. The molecule has 3 rings (SSSR count). The van der Waals surface area contributed by atoms with E-state index in [0.29, 0.717) is 0 Å². The fraction of sp³-hybridized carbons (Fsp3) is 0.684. The van der Waals surface area contributed by atoms with Crippen molar-refractivity contribution < 1.29 is 0 Å². The Labute approximate surface area is 129 Å². The minimum atomic E-state index is 0.164. The maximum absolute atomic E-state index is 6.50. The third-order valence-electron chi connectivity index (χ3n) is 5.61. The maximum atomic E-state index is 6.50. The summed E-state index contributed by atoms with van der Waals surface area (Å²) in [6.45, 7) is 4.49. The summed E-state index contributed by atoms with van der Waals surface area (Å²) in [4.78, 5) is 2.70. The van der Waals surface area contributed by atoms with Gasteiger partial charge in [0, 0.05) is 18.6 Å². The first-order chi connectivity index (χ1) is 10.3. The molecule has 0 spiro atoms. The van der Waals surface area contributed by atoms with Crippen molar-refractivity contribution in [3.05, 3.63) is 35.4 Å². The van der Waals surface area contributed by atoms with Crippen molar-refractivity contribution in [3.63, 3.8) is 0 Å². The van der Waals surface area contributed by atoms with Crippen LogP contribution in [0.5, 0.6) is 0 Å². The minimum absolute atomic E-state index is 0.164. The quantitative estimate of drug-likeness (QED) is 0.909. The molecular formula is C19H30N2. The highest BCUT2D eigenvalue weighted by Gasteiger charge is 2.33. The molecule has 1 aromatic carbocycles. The molecule has 2 N–H and O–H groups in total. The molecule has 1 saturated heterocycles. The Bertz CT molecular complexity index is 437. The van der Waals surface area contributed by atoms with Gasteiger partial charge in [-0.1, -0.05) is 44.0 Å². The standard InChI is InChI=1S/C19H30N2/c1-2-15-9-11-16(12-10-15)18(20)14-21-13-5-7-17-6-3-4-8-19(17)21/h9-12,17-19H,2-8,13-14,20H2,1H3/t17-,18?,19-/m1/s1. The van der Waals surface area contributed by atoms with Gasteiger partial charge >= 0.3 is 0 Å². The van der Waals surface area contributed by atoms with Crippen molar-refractivity contribution in [2.75, 3.05) is 13.1 Å². The summed E-state index contributed by atoms with van der Waals surface area (Å²) in [5.41, 5.74) is 9.19. The van der Waals surface area contributed by atoms with E-state index in [2.05, 4.69) is 36.1 Å². The Morgan fingerprint density at radius 3 is 2.57 bits per heavy atom. The molecule has 2 aliphatic rings. The second kappa shape index (κ2) is 6.93. The smallest absolute Gasteiger partial charge is 0.0424 e. The van der Waals surface area contributed by atoms with Crippen LogP contribution in [0.3, 0.4) is 0 Å². The lowest BCUT2D eigenvalue weighted by molar-refractivity contribution is 0.0561. The SMILES string of the molecule is CCc1ccc(C(N)CN2CCC[C@H]3CCCC[C@H]32)cc1. The van der Waals surface area contributed by atoms with Crippen LogP contribution in [0.4, 0.5) is 0 Å². The molecule has 1 heterocycles. The molecule has 1 unspecified atom stereocenters. The van der Waals surface area contributed by atoms with E-state index in [1.165, 1.54) is 56.2 Å². The monoisotopic (exact) mass is 286 g/mol. The van der Waals surface area contributed by atoms with E-state index in [1.807, 2.05) is 0 Å². The number of nitrogens with two attached hydrogens (primary N) is 1. The number of hydrogen-bond donors (Lipinski definition) is 1. The molecule has 2 fully saturated rings. The molecule has 0 radical (unpaired) electrons. The Hall–Kier alpha value is -0.860. The first-order valence-electron chi connectivity index (χ1n) is 8.86. The van der Waals surface area contributed by atoms with Crippen molar-refractivity contribution in [3.8, 4) is 0 Å². The largest absolute Gasteiger partial charge is 0.323 e. The molecule has 1 saturated carbocycles. The van der Waals surface area contributed by atoms with E-state index in [-0.39, 0.29) is 6.04 Å². The summed E-state index contributed by atoms with van der Waals surface area (Å²) in [5, 5.41) is 0. The Kier molecular flexibility index (Phi) is 4.97. The summed E-state index contributed by atoms with van der Waals surface area (Å²) in [5.74, 6) is 0.946. The fourth-order valence-corrected chi connectivity index (χ4v) is 4.31. The predicted octanol–water partition coefficient (Wildman–Crippen LogP) is 3.90. The number of likely N-dealkylation sites (tertiary alicyclic amines) is 1. The third-order valence-corrected chi connectivity index (χ3v) is 5.61. The highest BCUT2D eigenvalue weighted by molar-refractivity contribution is 5.25. The molecule has 116 valence electrons. The summed E-state index contributed by atoms with van der Waals surface area (Å²) >= 11 is 0. The Morgan fingerprint density at radius 1 is 1.10 bits per heavy atom. The van der Waals surface area contributed by atoms with Gasteiger partial charge in [-0.2, -0.15) is 0 Å². The van der Waals surface area contributed by atoms with Crippen LogP contribution in [0.25, 0.3) is 0 Å². The number of piperidine rings is 1. The van der Waals surface area contributed by atoms with Gasteiger partial charge in [-0.25, -0.2) is 0 Å². The Morgan fingerprint density at radius 2 is 1.81 bits per heavy atom. The highest BCUT2D eigenvalue weighted by Crippen LogP contribution is 2.35. The predicted molar refractivity (Wildman–Crippen MR) is 89.3 cm³/mol. The number of nitrogens with zero attached hydrogens (tertiary/aromatic N) is 1. The lowest BCUT2D eigenvalue weighted by atomic mass is 9.78. The van der Waals surface area contributed by atoms with Crippen LogP contribution < -0.4 is 5.73 Å². The summed E-state index contributed by atoms with van der Waals surface area (Å²) < 4.78 is 0. The summed E-state index contributed by atoms with van der Waals surface area (Å²) in [6, 6.07) is 9.89. The topological polar surface area (TPSA) is 29.3 Å². The number of rotatable bonds is 4. The molecule has 2 nitrogen and oxygen atoms in total. The first-order valence-corrected chi connectivity index (χ1v) is 8.86. The van der Waals surface area contributed by atoms with Gasteiger partial charge in [0.25, 0.3) is 0 Å². The van der Waals surface area contributed by atoms with Gasteiger partial charge in [-0.15, -0.1) is 0 Å². The van der Waals surface area contributed by atoms with Gasteiger partial charge in [-0.05, 0) is 55.7 Å². The van der Waals surface area contributed by atoms with Crippen molar-refractivity contribution in [1.29, 1.82) is 0 Å². The van der Waals surface area contributed by atoms with Gasteiger partial charge in [0.05, 0.1) is 0 Å². The molecule has 21 heavy (non-hydrogen) atoms. The Balaban J connectivity index is 1.63. The normalized spacial score (nSPS) is 28.1. The molecule has 0 amide bonds. The van der Waals surface area contributed by atoms with Crippen LogP contribution in [-0.4, -0.2) is 24.0 Å². The van der Waals surface area contributed by atoms with E-state index >= 15 is 0 Å². The highest BCUT2D eigenvalue weighted by atomic mass is 15.2. The van der Waals surface area contributed by atoms with E-state index < -0.39 is 0 Å². The molecule has 1 aliphatic carbocycles. The summed E-state index contributed by atoms with van der Waals surface area (Å²) in [6.07, 6.45) is 9.61. The van der Waals surface area contributed by atoms with Crippen LogP contribution in [0.2, 0.25) is 0 Å². The van der Waals surface area contributed by atoms with E-state index in [9.17, 15) is 0 Å². The van der Waals surface area contributed by atoms with Crippen LogP contribution in [0.1, 0.15) is 62.6 Å². The zero-order valence-corrected chi connectivity index (χ0v) is 13.4. The fourth-order valence-electron chi connectivity index (χ4n) is 4.31. The second-order valence-corrected chi connectivity index (χ2v) is 6.95. The van der Waals surface area contributed by atoms with Crippen LogP contribution >= 0.6 is 0 Å². The number of benzene rings is 1. The second-order valence-electron chi connectivity index (χ2n) is 6.95. The van der Waals surface area contributed by atoms with Gasteiger partial charge in [0.2, 0.25) is 0 Å². The molecule has 1 aliphatic heterocycles. The maximum Gasteiger partial charge on any atom is 0.0424 e. The first kappa shape index (κ1) is 15.1. The van der Waals surface area contributed by atoms with Crippen LogP contribution in [0, 0.1) is 5.92 Å². The zero-order valence-electron chi connectivity index (χ0n) is 13.4. The number of hydrogen-bond acceptors (Lipinski definition) is 2. The summed E-state index contributed by atoms with van der Waals surface area (Å²) in [7, 11) is 0. The number of fused-ring (bicyclic) bond motifs is 1. The molecule has 2 heteroatoms. The number of aryl methyl sites for hydroxylation is 1. The minimum Gasteiger partial charge on any atom is -0.323 e. The molecule has 0 bridgehead atoms. The lowest BCUT2D eigenvalue weighted by Crippen LogP contribution is -2.49. The van der Waals surface area contributed by atoms with Crippen molar-refractivity contribution in [2.24, 2.45) is 11.7 Å². The van der Waals surface area contributed by atoms with Crippen molar-refractivity contribution >= 4 is 0 Å². The lowest BCUT2D eigenvalue weighted by Gasteiger charge is -2.45. The average molecular weight is 286 g/mol. The van der Waals surface area contributed by atoms with Crippen LogP contribution in [-0.2, 0) is 6.42 Å². The van der Waals surface area contributed by atoms with Crippen molar-refractivity contribution in [1.82, 2.24) is 4.90 Å². The van der Waals surface area contributed by atoms with Gasteiger partial charge < -0.3 is 5.73 Å². The van der Waals surface area contributed by atoms with E-state index in [1.54, 1.807) is 0 Å². The van der Waals surface area contributed by atoms with E-state index in [0.717, 1.165) is 24.9 Å². The molecule has 0 aromatic heterocycles. The molecule has 3 atom stereocenters. The molecule has 1 aromatic rings.